The summed E-state index contributed by atoms with van der Waals surface area (Å²) in [7, 11) is 0. The summed E-state index contributed by atoms with van der Waals surface area (Å²) in [5.41, 5.74) is 8.23. The van der Waals surface area contributed by atoms with Crippen molar-refractivity contribution in [1.29, 1.82) is 0 Å². The van der Waals surface area contributed by atoms with Crippen molar-refractivity contribution >= 4 is 0 Å². The van der Waals surface area contributed by atoms with Crippen LogP contribution >= 0.6 is 0 Å². The van der Waals surface area contributed by atoms with E-state index >= 15 is 0 Å². The highest BCUT2D eigenvalue weighted by Crippen LogP contribution is 2.36. The van der Waals surface area contributed by atoms with Crippen LogP contribution < -0.4 is 0 Å². The molecule has 3 aromatic carbocycles. The van der Waals surface area contributed by atoms with Gasteiger partial charge < -0.3 is 4.42 Å². The van der Waals surface area contributed by atoms with Crippen molar-refractivity contribution in [2.75, 3.05) is 0 Å². The fourth-order valence-electron chi connectivity index (χ4n) is 3.88. The zero-order valence-electron chi connectivity index (χ0n) is 16.7. The Hall–Kier alpha value is -3.13. The highest BCUT2D eigenvalue weighted by Gasteiger charge is 2.20. The van der Waals surface area contributed by atoms with Gasteiger partial charge in [-0.15, -0.1) is 0 Å². The van der Waals surface area contributed by atoms with Crippen molar-refractivity contribution in [3.8, 4) is 22.6 Å². The Bertz CT molecular complexity index is 1060. The highest BCUT2D eigenvalue weighted by molar-refractivity contribution is 5.80. The topological polar surface area (TPSA) is 26.0 Å². The first-order valence-corrected chi connectivity index (χ1v) is 9.79. The van der Waals surface area contributed by atoms with Gasteiger partial charge in [-0.1, -0.05) is 78.4 Å². The summed E-state index contributed by atoms with van der Waals surface area (Å²) >= 11 is 0. The fourth-order valence-corrected chi connectivity index (χ4v) is 3.88. The summed E-state index contributed by atoms with van der Waals surface area (Å²) in [6, 6.07) is 25.2. The molecule has 0 bridgehead atoms. The van der Waals surface area contributed by atoms with Crippen LogP contribution in [0, 0.1) is 20.8 Å². The molecular formula is C26H25NO. The molecule has 1 aromatic heterocycles. The van der Waals surface area contributed by atoms with Gasteiger partial charge in [0.2, 0.25) is 0 Å². The average Bonchev–Trinajstić information content (AvgIpc) is 3.11. The second-order valence-corrected chi connectivity index (χ2v) is 7.41. The average molecular weight is 367 g/mol. The number of aryl methyl sites for hydroxylation is 5. The Morgan fingerprint density at radius 2 is 1.36 bits per heavy atom. The molecule has 4 rings (SSSR count). The summed E-state index contributed by atoms with van der Waals surface area (Å²) < 4.78 is 6.31. The van der Waals surface area contributed by atoms with Gasteiger partial charge in [-0.2, -0.15) is 0 Å². The van der Waals surface area contributed by atoms with Crippen molar-refractivity contribution in [2.24, 2.45) is 0 Å². The molecule has 1 heterocycles. The maximum atomic E-state index is 6.31. The first-order valence-electron chi connectivity index (χ1n) is 9.79. The van der Waals surface area contributed by atoms with Crippen LogP contribution in [0.3, 0.4) is 0 Å². The number of aromatic nitrogens is 1. The first-order chi connectivity index (χ1) is 13.6. The second-order valence-electron chi connectivity index (χ2n) is 7.41. The Balaban J connectivity index is 1.77. The molecule has 0 amide bonds. The largest absolute Gasteiger partial charge is 0.440 e. The minimum absolute atomic E-state index is 0.786. The lowest BCUT2D eigenvalue weighted by molar-refractivity contribution is 0.505. The van der Waals surface area contributed by atoms with Gasteiger partial charge in [-0.05, 0) is 43.9 Å². The lowest BCUT2D eigenvalue weighted by atomic mass is 9.95. The normalized spacial score (nSPS) is 11.0. The summed E-state index contributed by atoms with van der Waals surface area (Å²) in [5, 5.41) is 0. The minimum atomic E-state index is 0.786. The number of hydrogen-bond donors (Lipinski definition) is 0. The highest BCUT2D eigenvalue weighted by atomic mass is 16.4. The van der Waals surface area contributed by atoms with Gasteiger partial charge >= 0.3 is 0 Å². The van der Waals surface area contributed by atoms with Crippen LogP contribution in [0.5, 0.6) is 0 Å². The monoisotopic (exact) mass is 367 g/mol. The summed E-state index contributed by atoms with van der Waals surface area (Å²) in [6.45, 7) is 6.45. The molecular weight excluding hydrogens is 342 g/mol. The summed E-state index contributed by atoms with van der Waals surface area (Å²) in [4.78, 5) is 4.96. The summed E-state index contributed by atoms with van der Waals surface area (Å²) in [5.74, 6) is 1.65. The lowest BCUT2D eigenvalue weighted by Gasteiger charge is -2.10. The fraction of sp³-hybridized carbons (Fsp3) is 0.192. The Morgan fingerprint density at radius 3 is 2.00 bits per heavy atom. The van der Waals surface area contributed by atoms with E-state index in [1.807, 2.05) is 24.3 Å². The van der Waals surface area contributed by atoms with Crippen molar-refractivity contribution in [2.45, 2.75) is 33.6 Å². The first kappa shape index (κ1) is 18.2. The van der Waals surface area contributed by atoms with E-state index in [1.54, 1.807) is 0 Å². The maximum Gasteiger partial charge on any atom is 0.195 e. The standard InChI is InChI=1S/C26H25NO/c1-18-16-19(2)24(20(3)17-18)25-26(22-12-8-5-9-13-22)28-23(27-25)15-14-21-10-6-4-7-11-21/h4-13,16-17H,14-15H2,1-3H3. The number of benzene rings is 3. The van der Waals surface area contributed by atoms with Crippen LogP contribution in [0.15, 0.2) is 77.2 Å². The quantitative estimate of drug-likeness (QED) is 0.391. The van der Waals surface area contributed by atoms with Gasteiger partial charge in [0.25, 0.3) is 0 Å². The SMILES string of the molecule is Cc1cc(C)c(-c2nc(CCc3ccccc3)oc2-c2ccccc2)c(C)c1. The molecule has 0 saturated carbocycles. The number of hydrogen-bond acceptors (Lipinski definition) is 2. The van der Waals surface area contributed by atoms with Gasteiger partial charge in [-0.3, -0.25) is 0 Å². The van der Waals surface area contributed by atoms with Gasteiger partial charge in [0.1, 0.15) is 5.69 Å². The molecule has 0 radical (unpaired) electrons. The van der Waals surface area contributed by atoms with Crippen molar-refractivity contribution in [3.05, 3.63) is 101 Å². The van der Waals surface area contributed by atoms with Crippen LogP contribution in [0.25, 0.3) is 22.6 Å². The summed E-state index contributed by atoms with van der Waals surface area (Å²) in [6.07, 6.45) is 1.70. The number of nitrogens with zero attached hydrogens (tertiary/aromatic N) is 1. The molecule has 28 heavy (non-hydrogen) atoms. The van der Waals surface area contributed by atoms with Gasteiger partial charge in [0.15, 0.2) is 11.7 Å². The molecule has 0 unspecified atom stereocenters. The van der Waals surface area contributed by atoms with E-state index in [4.69, 9.17) is 9.40 Å². The van der Waals surface area contributed by atoms with Crippen LogP contribution in [-0.4, -0.2) is 4.98 Å². The molecule has 0 saturated heterocycles. The molecule has 2 heteroatoms. The van der Waals surface area contributed by atoms with E-state index in [1.165, 1.54) is 27.8 Å². The van der Waals surface area contributed by atoms with Crippen LogP contribution in [0.1, 0.15) is 28.1 Å². The molecule has 2 nitrogen and oxygen atoms in total. The lowest BCUT2D eigenvalue weighted by Crippen LogP contribution is -1.94. The molecule has 0 N–H and O–H groups in total. The third-order valence-corrected chi connectivity index (χ3v) is 5.09. The van der Waals surface area contributed by atoms with Crippen LogP contribution in [0.4, 0.5) is 0 Å². The third kappa shape index (κ3) is 3.77. The van der Waals surface area contributed by atoms with Crippen molar-refractivity contribution in [3.63, 3.8) is 0 Å². The van der Waals surface area contributed by atoms with E-state index < -0.39 is 0 Å². The van der Waals surface area contributed by atoms with Crippen molar-refractivity contribution < 1.29 is 4.42 Å². The zero-order valence-corrected chi connectivity index (χ0v) is 16.7. The molecule has 0 aliphatic rings. The number of rotatable bonds is 5. The van der Waals surface area contributed by atoms with E-state index in [-0.39, 0.29) is 0 Å². The smallest absolute Gasteiger partial charge is 0.195 e. The van der Waals surface area contributed by atoms with E-state index in [0.29, 0.717) is 0 Å². The van der Waals surface area contributed by atoms with Crippen LogP contribution in [-0.2, 0) is 12.8 Å². The van der Waals surface area contributed by atoms with Gasteiger partial charge in [-0.25, -0.2) is 4.98 Å². The van der Waals surface area contributed by atoms with E-state index in [2.05, 4.69) is 69.3 Å². The molecule has 140 valence electrons. The molecule has 0 atom stereocenters. The van der Waals surface area contributed by atoms with Crippen LogP contribution in [0.2, 0.25) is 0 Å². The molecule has 0 aliphatic heterocycles. The Kier molecular flexibility index (Phi) is 5.12. The van der Waals surface area contributed by atoms with Crippen molar-refractivity contribution in [1.82, 2.24) is 4.98 Å². The molecule has 4 aromatic rings. The van der Waals surface area contributed by atoms with E-state index in [9.17, 15) is 0 Å². The van der Waals surface area contributed by atoms with Gasteiger partial charge in [0, 0.05) is 17.5 Å². The predicted molar refractivity (Wildman–Crippen MR) is 115 cm³/mol. The minimum Gasteiger partial charge on any atom is -0.440 e. The molecule has 0 fully saturated rings. The molecule has 0 aliphatic carbocycles. The van der Waals surface area contributed by atoms with Gasteiger partial charge in [0.05, 0.1) is 0 Å². The van der Waals surface area contributed by atoms with E-state index in [0.717, 1.165) is 35.7 Å². The Labute approximate surface area is 166 Å². The predicted octanol–water partition coefficient (Wildman–Crippen LogP) is 6.72. The second kappa shape index (κ2) is 7.85. The zero-order chi connectivity index (χ0) is 19.5. The third-order valence-electron chi connectivity index (χ3n) is 5.09. The number of oxazole rings is 1. The molecule has 0 spiro atoms. The Morgan fingerprint density at radius 1 is 0.750 bits per heavy atom. The maximum absolute atomic E-state index is 6.31.